The van der Waals surface area contributed by atoms with Gasteiger partial charge in [-0.25, -0.2) is 0 Å². The molecule has 0 spiro atoms. The van der Waals surface area contributed by atoms with Crippen molar-refractivity contribution in [3.63, 3.8) is 0 Å². The first-order valence-corrected chi connectivity index (χ1v) is 8.47. The summed E-state index contributed by atoms with van der Waals surface area (Å²) in [6.45, 7) is 2.44. The lowest BCUT2D eigenvalue weighted by molar-refractivity contribution is -0.125. The van der Waals surface area contributed by atoms with Gasteiger partial charge in [-0.2, -0.15) is 0 Å². The predicted molar refractivity (Wildman–Crippen MR) is 96.2 cm³/mol. The smallest absolute Gasteiger partial charge is 0.223 e. The Hall–Kier alpha value is -2.49. The van der Waals surface area contributed by atoms with Crippen molar-refractivity contribution in [2.24, 2.45) is 5.92 Å². The van der Waals surface area contributed by atoms with E-state index in [1.807, 2.05) is 30.3 Å². The standard InChI is InChI=1S/C20H24N2O2/c1-24-19-9-7-16(8-10-19)15-21-20(23)17-11-13-22(14-12-17)18-5-3-2-4-6-18/h2-10,17H,11-15H2,1H3,(H,21,23). The van der Waals surface area contributed by atoms with Crippen molar-refractivity contribution >= 4 is 11.6 Å². The highest BCUT2D eigenvalue weighted by Gasteiger charge is 2.24. The number of hydrogen-bond donors (Lipinski definition) is 1. The van der Waals surface area contributed by atoms with Gasteiger partial charge >= 0.3 is 0 Å². The lowest BCUT2D eigenvalue weighted by atomic mass is 9.95. The van der Waals surface area contributed by atoms with Crippen LogP contribution in [0.2, 0.25) is 0 Å². The van der Waals surface area contributed by atoms with Crippen LogP contribution in [0.25, 0.3) is 0 Å². The molecule has 3 rings (SSSR count). The van der Waals surface area contributed by atoms with Crippen LogP contribution in [0.15, 0.2) is 54.6 Å². The zero-order chi connectivity index (χ0) is 16.8. The molecule has 0 saturated carbocycles. The lowest BCUT2D eigenvalue weighted by Gasteiger charge is -2.33. The molecule has 0 atom stereocenters. The van der Waals surface area contributed by atoms with Crippen molar-refractivity contribution < 1.29 is 9.53 Å². The molecule has 4 heteroatoms. The molecular formula is C20H24N2O2. The monoisotopic (exact) mass is 324 g/mol. The summed E-state index contributed by atoms with van der Waals surface area (Å²) in [6, 6.07) is 18.2. The van der Waals surface area contributed by atoms with Gasteiger partial charge in [0.25, 0.3) is 0 Å². The number of ether oxygens (including phenoxy) is 1. The van der Waals surface area contributed by atoms with E-state index in [0.717, 1.165) is 37.2 Å². The predicted octanol–water partition coefficient (Wildman–Crippen LogP) is 3.23. The number of carbonyl (C=O) groups is 1. The summed E-state index contributed by atoms with van der Waals surface area (Å²) < 4.78 is 5.14. The topological polar surface area (TPSA) is 41.6 Å². The maximum Gasteiger partial charge on any atom is 0.223 e. The van der Waals surface area contributed by atoms with E-state index in [0.29, 0.717) is 6.54 Å². The summed E-state index contributed by atoms with van der Waals surface area (Å²) in [7, 11) is 1.65. The summed E-state index contributed by atoms with van der Waals surface area (Å²) in [5.74, 6) is 1.11. The molecule has 1 amide bonds. The second-order valence-corrected chi connectivity index (χ2v) is 6.16. The number of carbonyl (C=O) groups excluding carboxylic acids is 1. The van der Waals surface area contributed by atoms with Crippen LogP contribution in [0.1, 0.15) is 18.4 Å². The molecule has 126 valence electrons. The molecule has 0 aliphatic carbocycles. The van der Waals surface area contributed by atoms with Gasteiger partial charge in [-0.15, -0.1) is 0 Å². The summed E-state index contributed by atoms with van der Waals surface area (Å²) >= 11 is 0. The van der Waals surface area contributed by atoms with Crippen LogP contribution in [0.5, 0.6) is 5.75 Å². The van der Waals surface area contributed by atoms with Crippen LogP contribution >= 0.6 is 0 Å². The fraction of sp³-hybridized carbons (Fsp3) is 0.350. The number of nitrogens with one attached hydrogen (secondary N) is 1. The van der Waals surface area contributed by atoms with Crippen molar-refractivity contribution in [1.29, 1.82) is 0 Å². The van der Waals surface area contributed by atoms with Gasteiger partial charge in [0.1, 0.15) is 5.75 Å². The van der Waals surface area contributed by atoms with Crippen LogP contribution in [0.4, 0.5) is 5.69 Å². The summed E-state index contributed by atoms with van der Waals surface area (Å²) in [6.07, 6.45) is 1.81. The first-order chi connectivity index (χ1) is 11.8. The van der Waals surface area contributed by atoms with Gasteiger partial charge in [0, 0.05) is 31.2 Å². The van der Waals surface area contributed by atoms with Crippen molar-refractivity contribution in [2.75, 3.05) is 25.1 Å². The molecular weight excluding hydrogens is 300 g/mol. The Morgan fingerprint density at radius 2 is 1.75 bits per heavy atom. The Labute approximate surface area is 143 Å². The molecule has 2 aromatic rings. The van der Waals surface area contributed by atoms with E-state index >= 15 is 0 Å². The minimum Gasteiger partial charge on any atom is -0.497 e. The highest BCUT2D eigenvalue weighted by molar-refractivity contribution is 5.79. The van der Waals surface area contributed by atoms with E-state index in [1.54, 1.807) is 7.11 Å². The maximum atomic E-state index is 12.4. The molecule has 1 aliphatic rings. The number of methoxy groups -OCH3 is 1. The quantitative estimate of drug-likeness (QED) is 0.918. The van der Waals surface area contributed by atoms with Crippen molar-refractivity contribution in [3.8, 4) is 5.75 Å². The lowest BCUT2D eigenvalue weighted by Crippen LogP contribution is -2.40. The fourth-order valence-corrected chi connectivity index (χ4v) is 3.12. The number of anilines is 1. The van der Waals surface area contributed by atoms with E-state index < -0.39 is 0 Å². The SMILES string of the molecule is COc1ccc(CNC(=O)C2CCN(c3ccccc3)CC2)cc1. The van der Waals surface area contributed by atoms with Crippen LogP contribution in [0.3, 0.4) is 0 Å². The van der Waals surface area contributed by atoms with Gasteiger partial charge in [0.15, 0.2) is 0 Å². The molecule has 24 heavy (non-hydrogen) atoms. The van der Waals surface area contributed by atoms with Crippen LogP contribution < -0.4 is 15.0 Å². The summed E-state index contributed by atoms with van der Waals surface area (Å²) in [5.41, 5.74) is 2.33. The van der Waals surface area contributed by atoms with Gasteiger partial charge < -0.3 is 15.0 Å². The number of hydrogen-bond acceptors (Lipinski definition) is 3. The first kappa shape index (κ1) is 16.4. The Bertz CT molecular complexity index is 647. The Morgan fingerprint density at radius 1 is 1.08 bits per heavy atom. The molecule has 0 aromatic heterocycles. The Balaban J connectivity index is 1.46. The molecule has 0 radical (unpaired) electrons. The minimum atomic E-state index is 0.114. The van der Waals surface area contributed by atoms with Gasteiger partial charge in [-0.05, 0) is 42.7 Å². The molecule has 0 unspecified atom stereocenters. The van der Waals surface area contributed by atoms with E-state index in [1.165, 1.54) is 5.69 Å². The third-order valence-corrected chi connectivity index (χ3v) is 4.61. The highest BCUT2D eigenvalue weighted by atomic mass is 16.5. The fourth-order valence-electron chi connectivity index (χ4n) is 3.12. The molecule has 1 aliphatic heterocycles. The molecule has 1 N–H and O–H groups in total. The van der Waals surface area contributed by atoms with Crippen LogP contribution in [-0.4, -0.2) is 26.1 Å². The van der Waals surface area contributed by atoms with E-state index in [-0.39, 0.29) is 11.8 Å². The van der Waals surface area contributed by atoms with Crippen LogP contribution in [-0.2, 0) is 11.3 Å². The van der Waals surface area contributed by atoms with E-state index in [4.69, 9.17) is 4.74 Å². The third kappa shape index (κ3) is 4.07. The molecule has 2 aromatic carbocycles. The zero-order valence-electron chi connectivity index (χ0n) is 14.1. The van der Waals surface area contributed by atoms with E-state index in [9.17, 15) is 4.79 Å². The minimum absolute atomic E-state index is 0.114. The largest absolute Gasteiger partial charge is 0.497 e. The molecule has 1 heterocycles. The second kappa shape index (κ2) is 7.86. The molecule has 0 bridgehead atoms. The molecule has 4 nitrogen and oxygen atoms in total. The highest BCUT2D eigenvalue weighted by Crippen LogP contribution is 2.23. The third-order valence-electron chi connectivity index (χ3n) is 4.61. The van der Waals surface area contributed by atoms with E-state index in [2.05, 4.69) is 34.5 Å². The Morgan fingerprint density at radius 3 is 2.38 bits per heavy atom. The number of nitrogens with zero attached hydrogens (tertiary/aromatic N) is 1. The number of piperidine rings is 1. The second-order valence-electron chi connectivity index (χ2n) is 6.16. The van der Waals surface area contributed by atoms with Crippen molar-refractivity contribution in [1.82, 2.24) is 5.32 Å². The Kier molecular flexibility index (Phi) is 5.36. The molecule has 1 fully saturated rings. The van der Waals surface area contributed by atoms with Gasteiger partial charge in [0.05, 0.1) is 7.11 Å². The zero-order valence-corrected chi connectivity index (χ0v) is 14.1. The van der Waals surface area contributed by atoms with Gasteiger partial charge in [-0.1, -0.05) is 30.3 Å². The first-order valence-electron chi connectivity index (χ1n) is 8.47. The number of benzene rings is 2. The number of para-hydroxylation sites is 1. The van der Waals surface area contributed by atoms with Gasteiger partial charge in [0.2, 0.25) is 5.91 Å². The maximum absolute atomic E-state index is 12.4. The number of amides is 1. The van der Waals surface area contributed by atoms with Crippen LogP contribution in [0, 0.1) is 5.92 Å². The van der Waals surface area contributed by atoms with Crippen molar-refractivity contribution in [2.45, 2.75) is 19.4 Å². The molecule has 1 saturated heterocycles. The normalized spacial score (nSPS) is 15.1. The van der Waals surface area contributed by atoms with Gasteiger partial charge in [-0.3, -0.25) is 4.79 Å². The van der Waals surface area contributed by atoms with Crippen molar-refractivity contribution in [3.05, 3.63) is 60.2 Å². The summed E-state index contributed by atoms with van der Waals surface area (Å²) in [5, 5.41) is 3.06. The summed E-state index contributed by atoms with van der Waals surface area (Å²) in [4.78, 5) is 14.7. The number of rotatable bonds is 5. The average molecular weight is 324 g/mol. The average Bonchev–Trinajstić information content (AvgIpc) is 2.67.